The molecule has 0 aliphatic carbocycles. The van der Waals surface area contributed by atoms with E-state index in [-0.39, 0.29) is 18.9 Å². The minimum atomic E-state index is -1.47. The summed E-state index contributed by atoms with van der Waals surface area (Å²) in [6.45, 7) is 0.733. The normalized spacial score (nSPS) is 17.6. The number of hydrogen-bond donors (Lipinski definition) is 3. The molecule has 5 rings (SSSR count). The van der Waals surface area contributed by atoms with E-state index in [4.69, 9.17) is 54.4 Å². The van der Waals surface area contributed by atoms with E-state index >= 15 is 0 Å². The number of carbonyl (C=O) groups is 1. The summed E-state index contributed by atoms with van der Waals surface area (Å²) >= 11 is 22.8. The Hall–Kier alpha value is -3.11. The first kappa shape index (κ1) is 32.3. The second-order valence-corrected chi connectivity index (χ2v) is 12.3. The molecule has 0 saturated carbocycles. The van der Waals surface area contributed by atoms with Crippen molar-refractivity contribution in [3.8, 4) is 5.75 Å². The largest absolute Gasteiger partial charge is 0.494 e. The second kappa shape index (κ2) is 14.8. The SMILES string of the molecule is O=C(NNCc1ccccc1Cl)[C@@]1(Cc2ccc(Br)cc2)N=C(c2ccc(OCCCO)cc2)O[C@H]1c1ccc(Cl)cc1Cl. The van der Waals surface area contributed by atoms with E-state index in [1.165, 1.54) is 0 Å². The monoisotopic (exact) mass is 715 g/mol. The highest BCUT2D eigenvalue weighted by atomic mass is 79.9. The maximum Gasteiger partial charge on any atom is 0.266 e. The van der Waals surface area contributed by atoms with E-state index in [2.05, 4.69) is 26.8 Å². The Morgan fingerprint density at radius 1 is 0.977 bits per heavy atom. The van der Waals surface area contributed by atoms with Crippen LogP contribution < -0.4 is 15.6 Å². The Kier molecular flexibility index (Phi) is 10.8. The number of rotatable bonds is 12. The smallest absolute Gasteiger partial charge is 0.266 e. The summed E-state index contributed by atoms with van der Waals surface area (Å²) in [5.41, 5.74) is 7.32. The van der Waals surface area contributed by atoms with Crippen molar-refractivity contribution in [2.45, 2.75) is 31.0 Å². The van der Waals surface area contributed by atoms with Crippen LogP contribution >= 0.6 is 50.7 Å². The molecular formula is C33H29BrCl3N3O4. The highest BCUT2D eigenvalue weighted by molar-refractivity contribution is 9.10. The molecule has 0 bridgehead atoms. The molecule has 1 aliphatic heterocycles. The molecule has 3 N–H and O–H groups in total. The van der Waals surface area contributed by atoms with Gasteiger partial charge in [-0.2, -0.15) is 0 Å². The predicted molar refractivity (Wildman–Crippen MR) is 177 cm³/mol. The van der Waals surface area contributed by atoms with Gasteiger partial charge in [-0.05, 0) is 65.7 Å². The first-order valence-electron chi connectivity index (χ1n) is 13.9. The van der Waals surface area contributed by atoms with E-state index in [1.54, 1.807) is 36.4 Å². The first-order chi connectivity index (χ1) is 21.3. The van der Waals surface area contributed by atoms with E-state index in [1.807, 2.05) is 54.6 Å². The highest BCUT2D eigenvalue weighted by Gasteiger charge is 2.54. The fraction of sp³-hybridized carbons (Fsp3) is 0.212. The maximum atomic E-state index is 14.3. The summed E-state index contributed by atoms with van der Waals surface area (Å²) in [7, 11) is 0. The minimum Gasteiger partial charge on any atom is -0.494 e. The van der Waals surface area contributed by atoms with Crippen LogP contribution in [0.1, 0.15) is 34.8 Å². The van der Waals surface area contributed by atoms with Crippen molar-refractivity contribution in [2.75, 3.05) is 13.2 Å². The molecule has 1 aliphatic rings. The van der Waals surface area contributed by atoms with Gasteiger partial charge in [0.15, 0.2) is 11.6 Å². The van der Waals surface area contributed by atoms with E-state index in [0.29, 0.717) is 51.5 Å². The van der Waals surface area contributed by atoms with Crippen molar-refractivity contribution in [1.82, 2.24) is 10.9 Å². The molecule has 0 radical (unpaired) electrons. The minimum absolute atomic E-state index is 0.0487. The van der Waals surface area contributed by atoms with Gasteiger partial charge in [0.2, 0.25) is 5.90 Å². The Labute approximate surface area is 279 Å². The number of hydrazine groups is 1. The maximum absolute atomic E-state index is 14.3. The van der Waals surface area contributed by atoms with Gasteiger partial charge in [-0.3, -0.25) is 10.2 Å². The van der Waals surface area contributed by atoms with Crippen LogP contribution in [0.4, 0.5) is 0 Å². The number of ether oxygens (including phenoxy) is 2. The summed E-state index contributed by atoms with van der Waals surface area (Å²) in [4.78, 5) is 19.4. The van der Waals surface area contributed by atoms with Gasteiger partial charge < -0.3 is 14.6 Å². The fourth-order valence-corrected chi connectivity index (χ4v) is 5.83. The Bertz CT molecular complexity index is 1640. The number of nitrogens with zero attached hydrogens (tertiary/aromatic N) is 1. The molecule has 2 atom stereocenters. The van der Waals surface area contributed by atoms with Gasteiger partial charge in [0.1, 0.15) is 5.75 Å². The molecule has 0 aromatic heterocycles. The van der Waals surface area contributed by atoms with Gasteiger partial charge in [0, 0.05) is 56.7 Å². The van der Waals surface area contributed by atoms with Crippen LogP contribution in [0.25, 0.3) is 0 Å². The third-order valence-electron chi connectivity index (χ3n) is 7.10. The lowest BCUT2D eigenvalue weighted by Gasteiger charge is -2.31. The zero-order valence-electron chi connectivity index (χ0n) is 23.4. The van der Waals surface area contributed by atoms with E-state index in [9.17, 15) is 4.79 Å². The number of hydrogen-bond acceptors (Lipinski definition) is 6. The predicted octanol–water partition coefficient (Wildman–Crippen LogP) is 7.49. The van der Waals surface area contributed by atoms with Gasteiger partial charge in [-0.15, -0.1) is 0 Å². The molecule has 0 fully saturated rings. The number of halogens is 4. The molecule has 1 amide bonds. The van der Waals surface area contributed by atoms with Crippen molar-refractivity contribution in [1.29, 1.82) is 0 Å². The van der Waals surface area contributed by atoms with Crippen LogP contribution in [-0.2, 0) is 22.5 Å². The topological polar surface area (TPSA) is 92.2 Å². The van der Waals surface area contributed by atoms with Crippen LogP contribution in [0.3, 0.4) is 0 Å². The number of aliphatic hydroxyl groups excluding tert-OH is 1. The highest BCUT2D eigenvalue weighted by Crippen LogP contribution is 2.45. The van der Waals surface area contributed by atoms with Crippen LogP contribution in [0.5, 0.6) is 5.75 Å². The molecule has 228 valence electrons. The molecule has 4 aromatic rings. The van der Waals surface area contributed by atoms with E-state index in [0.717, 1.165) is 15.6 Å². The second-order valence-electron chi connectivity index (χ2n) is 10.2. The first-order valence-corrected chi connectivity index (χ1v) is 15.8. The molecule has 44 heavy (non-hydrogen) atoms. The average molecular weight is 718 g/mol. The molecule has 7 nitrogen and oxygen atoms in total. The summed E-state index contributed by atoms with van der Waals surface area (Å²) in [6.07, 6.45) is -0.164. The summed E-state index contributed by atoms with van der Waals surface area (Å²) in [6, 6.07) is 27.4. The number of amides is 1. The zero-order valence-corrected chi connectivity index (χ0v) is 27.3. The molecule has 0 unspecified atom stereocenters. The zero-order chi connectivity index (χ0) is 31.1. The third kappa shape index (κ3) is 7.57. The molecule has 4 aromatic carbocycles. The lowest BCUT2D eigenvalue weighted by atomic mass is 9.82. The molecular weight excluding hydrogens is 689 g/mol. The number of benzene rings is 4. The van der Waals surface area contributed by atoms with Gasteiger partial charge in [0.05, 0.1) is 6.61 Å². The molecule has 0 spiro atoms. The summed E-state index contributed by atoms with van der Waals surface area (Å²) < 4.78 is 13.1. The quantitative estimate of drug-likeness (QED) is 0.104. The average Bonchev–Trinajstić information content (AvgIpc) is 3.39. The lowest BCUT2D eigenvalue weighted by Crippen LogP contribution is -2.53. The summed E-state index contributed by atoms with van der Waals surface area (Å²) in [5.74, 6) is 0.504. The Morgan fingerprint density at radius 3 is 2.43 bits per heavy atom. The lowest BCUT2D eigenvalue weighted by molar-refractivity contribution is -0.130. The number of nitrogens with one attached hydrogen (secondary N) is 2. The fourth-order valence-electron chi connectivity index (χ4n) is 4.86. The third-order valence-corrected chi connectivity index (χ3v) is 8.56. The molecule has 1 heterocycles. The van der Waals surface area contributed by atoms with Crippen LogP contribution in [-0.4, -0.2) is 35.7 Å². The van der Waals surface area contributed by atoms with Crippen molar-refractivity contribution in [3.05, 3.63) is 133 Å². The van der Waals surface area contributed by atoms with E-state index < -0.39 is 17.6 Å². The Morgan fingerprint density at radius 2 is 1.73 bits per heavy atom. The van der Waals surface area contributed by atoms with Gasteiger partial charge in [-0.1, -0.05) is 87.1 Å². The summed E-state index contributed by atoms with van der Waals surface area (Å²) in [5, 5.41) is 10.4. The van der Waals surface area contributed by atoms with Crippen LogP contribution in [0, 0.1) is 0 Å². The van der Waals surface area contributed by atoms with Crippen LogP contribution in [0.15, 0.2) is 100 Å². The number of aliphatic imine (C=N–C) groups is 1. The van der Waals surface area contributed by atoms with Crippen molar-refractivity contribution in [3.63, 3.8) is 0 Å². The van der Waals surface area contributed by atoms with Crippen molar-refractivity contribution in [2.24, 2.45) is 4.99 Å². The standard InChI is InChI=1S/C33H29BrCl3N3O4/c34-24-10-6-21(7-11-24)19-33(32(42)40-38-20-23-4-1-2-5-28(23)36)30(27-15-12-25(35)18-29(27)37)44-31(39-33)22-8-13-26(14-9-22)43-17-3-16-41/h1-2,4-15,18,30,38,41H,3,16-17,19-20H2,(H,40,42)/t30-,33-/m0/s1. The number of carbonyl (C=O) groups excluding carboxylic acids is 1. The van der Waals surface area contributed by atoms with Gasteiger partial charge in [-0.25, -0.2) is 10.4 Å². The molecule has 0 saturated heterocycles. The van der Waals surface area contributed by atoms with Crippen molar-refractivity contribution >= 4 is 62.5 Å². The van der Waals surface area contributed by atoms with Crippen LogP contribution in [0.2, 0.25) is 15.1 Å². The Balaban J connectivity index is 1.54. The number of aliphatic hydroxyl groups is 1. The van der Waals surface area contributed by atoms with Crippen molar-refractivity contribution < 1.29 is 19.4 Å². The molecule has 11 heteroatoms. The van der Waals surface area contributed by atoms with Gasteiger partial charge in [0.25, 0.3) is 5.91 Å². The van der Waals surface area contributed by atoms with Gasteiger partial charge >= 0.3 is 0 Å².